The number of hydrogen-bond donors (Lipinski definition) is 2. The molecule has 2 fully saturated rings. The van der Waals surface area contributed by atoms with E-state index in [0.717, 1.165) is 19.3 Å². The lowest BCUT2D eigenvalue weighted by molar-refractivity contribution is -0.123. The summed E-state index contributed by atoms with van der Waals surface area (Å²) in [7, 11) is 0. The first-order valence-electron chi connectivity index (χ1n) is 10.7. The quantitative estimate of drug-likeness (QED) is 0.604. The lowest BCUT2D eigenvalue weighted by Crippen LogP contribution is -2.47. The van der Waals surface area contributed by atoms with Crippen LogP contribution < -0.4 is 20.3 Å². The number of halogens is 2. The molecule has 1 atom stereocenters. The van der Waals surface area contributed by atoms with E-state index in [1.165, 1.54) is 4.90 Å². The predicted molar refractivity (Wildman–Crippen MR) is 109 cm³/mol. The van der Waals surface area contributed by atoms with Crippen LogP contribution in [0.3, 0.4) is 0 Å². The van der Waals surface area contributed by atoms with Crippen LogP contribution in [0.1, 0.15) is 56.4 Å². The minimum absolute atomic E-state index is 0.00254. The third kappa shape index (κ3) is 5.79. The lowest BCUT2D eigenvalue weighted by Gasteiger charge is -2.23. The van der Waals surface area contributed by atoms with Gasteiger partial charge in [0.05, 0.1) is 18.8 Å². The average molecular weight is 424 g/mol. The first-order valence-corrected chi connectivity index (χ1v) is 10.7. The summed E-state index contributed by atoms with van der Waals surface area (Å²) in [5, 5.41) is 5.46. The van der Waals surface area contributed by atoms with Gasteiger partial charge in [0.1, 0.15) is 6.04 Å². The smallest absolute Gasteiger partial charge is 0.272 e. The molecule has 30 heavy (non-hydrogen) atoms. The molecule has 166 valence electrons. The van der Waals surface area contributed by atoms with E-state index in [9.17, 15) is 18.4 Å². The monoisotopic (exact) mass is 424 g/mol. The molecule has 1 aliphatic carbocycles. The zero-order valence-corrected chi connectivity index (χ0v) is 17.5. The maximum atomic E-state index is 13.8. The van der Waals surface area contributed by atoms with Gasteiger partial charge in [-0.2, -0.15) is 0 Å². The van der Waals surface area contributed by atoms with Crippen molar-refractivity contribution >= 4 is 17.5 Å². The van der Waals surface area contributed by atoms with Gasteiger partial charge in [-0.05, 0) is 37.7 Å². The predicted octanol–water partition coefficient (Wildman–Crippen LogP) is 2.75. The molecule has 1 saturated carbocycles. The van der Waals surface area contributed by atoms with Crippen LogP contribution in [0.15, 0.2) is 12.1 Å². The number of pyridine rings is 1. The van der Waals surface area contributed by atoms with E-state index in [-0.39, 0.29) is 30.4 Å². The third-order valence-electron chi connectivity index (χ3n) is 5.32. The Balaban J connectivity index is 1.79. The number of alkyl halides is 2. The Morgan fingerprint density at radius 1 is 1.33 bits per heavy atom. The van der Waals surface area contributed by atoms with Crippen LogP contribution in [0.4, 0.5) is 14.5 Å². The van der Waals surface area contributed by atoms with Crippen molar-refractivity contribution in [3.63, 3.8) is 0 Å². The average Bonchev–Trinajstić information content (AvgIpc) is 3.49. The SMILES string of the molecule is CCCNC(=O)C(CC)NC(=O)c1nc(OCC2CC2)ccc1N1CCC(F)(F)C1. The molecule has 0 bridgehead atoms. The number of ether oxygens (including phenoxy) is 1. The highest BCUT2D eigenvalue weighted by atomic mass is 19.3. The van der Waals surface area contributed by atoms with Crippen LogP contribution in [-0.2, 0) is 4.79 Å². The van der Waals surface area contributed by atoms with Gasteiger partial charge in [0.2, 0.25) is 11.8 Å². The van der Waals surface area contributed by atoms with Gasteiger partial charge < -0.3 is 20.3 Å². The summed E-state index contributed by atoms with van der Waals surface area (Å²) >= 11 is 0. The van der Waals surface area contributed by atoms with Gasteiger partial charge in [0.15, 0.2) is 5.69 Å². The van der Waals surface area contributed by atoms with Crippen LogP contribution in [0, 0.1) is 5.92 Å². The second kappa shape index (κ2) is 9.57. The van der Waals surface area contributed by atoms with Gasteiger partial charge in [0.25, 0.3) is 11.8 Å². The molecule has 2 heterocycles. The van der Waals surface area contributed by atoms with Crippen molar-refractivity contribution in [2.45, 2.75) is 57.9 Å². The van der Waals surface area contributed by atoms with E-state index < -0.39 is 24.4 Å². The number of nitrogens with one attached hydrogen (secondary N) is 2. The van der Waals surface area contributed by atoms with Crippen molar-refractivity contribution in [2.75, 3.05) is 31.1 Å². The number of hydrogen-bond acceptors (Lipinski definition) is 5. The second-order valence-electron chi connectivity index (χ2n) is 8.02. The number of aromatic nitrogens is 1. The van der Waals surface area contributed by atoms with Crippen LogP contribution >= 0.6 is 0 Å². The minimum Gasteiger partial charge on any atom is -0.477 e. The van der Waals surface area contributed by atoms with Crippen LogP contribution in [0.25, 0.3) is 0 Å². The van der Waals surface area contributed by atoms with Crippen molar-refractivity contribution in [1.29, 1.82) is 0 Å². The molecule has 1 unspecified atom stereocenters. The fourth-order valence-corrected chi connectivity index (χ4v) is 3.32. The van der Waals surface area contributed by atoms with E-state index in [4.69, 9.17) is 4.74 Å². The summed E-state index contributed by atoms with van der Waals surface area (Å²) in [5.41, 5.74) is 0.329. The van der Waals surface area contributed by atoms with Gasteiger partial charge in [-0.25, -0.2) is 13.8 Å². The summed E-state index contributed by atoms with van der Waals surface area (Å²) < 4.78 is 33.2. The third-order valence-corrected chi connectivity index (χ3v) is 5.32. The number of carbonyl (C=O) groups is 2. The molecule has 1 aliphatic heterocycles. The van der Waals surface area contributed by atoms with Crippen molar-refractivity contribution < 1.29 is 23.1 Å². The Morgan fingerprint density at radius 3 is 2.70 bits per heavy atom. The Kier molecular flexibility index (Phi) is 7.10. The molecule has 1 saturated heterocycles. The summed E-state index contributed by atoms with van der Waals surface area (Å²) in [5.74, 6) is -2.86. The highest BCUT2D eigenvalue weighted by molar-refractivity contribution is 6.00. The van der Waals surface area contributed by atoms with Gasteiger partial charge in [-0.3, -0.25) is 9.59 Å². The van der Waals surface area contributed by atoms with Gasteiger partial charge >= 0.3 is 0 Å². The highest BCUT2D eigenvalue weighted by Gasteiger charge is 2.40. The van der Waals surface area contributed by atoms with Crippen molar-refractivity contribution in [1.82, 2.24) is 15.6 Å². The number of nitrogens with zero attached hydrogens (tertiary/aromatic N) is 2. The van der Waals surface area contributed by atoms with E-state index >= 15 is 0 Å². The molecule has 9 heteroatoms. The molecule has 2 amide bonds. The number of carbonyl (C=O) groups excluding carboxylic acids is 2. The molecular formula is C21H30F2N4O3. The molecule has 2 aliphatic rings. The van der Waals surface area contributed by atoms with Gasteiger partial charge in [-0.1, -0.05) is 13.8 Å². The zero-order valence-electron chi connectivity index (χ0n) is 17.5. The van der Waals surface area contributed by atoms with Crippen molar-refractivity contribution in [3.05, 3.63) is 17.8 Å². The molecule has 3 rings (SSSR count). The van der Waals surface area contributed by atoms with E-state index in [1.807, 2.05) is 6.92 Å². The first kappa shape index (κ1) is 22.2. The van der Waals surface area contributed by atoms with Gasteiger partial charge in [-0.15, -0.1) is 0 Å². The lowest BCUT2D eigenvalue weighted by atomic mass is 10.2. The molecule has 1 aromatic heterocycles. The fraction of sp³-hybridized carbons (Fsp3) is 0.667. The van der Waals surface area contributed by atoms with Crippen LogP contribution in [0.2, 0.25) is 0 Å². The largest absolute Gasteiger partial charge is 0.477 e. The maximum absolute atomic E-state index is 13.8. The standard InChI is InChI=1S/C21H30F2N4O3/c1-3-10-24-19(28)15(4-2)25-20(29)18-16(27-11-9-21(22,23)13-27)7-8-17(26-18)30-12-14-5-6-14/h7-8,14-15H,3-6,9-13H2,1-2H3,(H,24,28)(H,25,29). The Labute approximate surface area is 175 Å². The Hall–Kier alpha value is -2.45. The first-order chi connectivity index (χ1) is 14.3. The summed E-state index contributed by atoms with van der Waals surface area (Å²) in [6.07, 6.45) is 3.13. The zero-order chi connectivity index (χ0) is 21.7. The number of anilines is 1. The van der Waals surface area contributed by atoms with Gasteiger partial charge in [0, 0.05) is 25.6 Å². The Morgan fingerprint density at radius 2 is 2.10 bits per heavy atom. The van der Waals surface area contributed by atoms with Crippen LogP contribution in [-0.4, -0.2) is 55.0 Å². The Bertz CT molecular complexity index is 771. The maximum Gasteiger partial charge on any atom is 0.272 e. The number of rotatable bonds is 10. The fourth-order valence-electron chi connectivity index (χ4n) is 3.32. The number of amides is 2. The molecule has 0 aromatic carbocycles. The highest BCUT2D eigenvalue weighted by Crippen LogP contribution is 2.34. The molecule has 0 radical (unpaired) electrons. The van der Waals surface area contributed by atoms with Crippen molar-refractivity contribution in [2.24, 2.45) is 5.92 Å². The summed E-state index contributed by atoms with van der Waals surface area (Å²) in [6.45, 7) is 4.43. The van der Waals surface area contributed by atoms with Crippen LogP contribution in [0.5, 0.6) is 5.88 Å². The minimum atomic E-state index is -2.80. The topological polar surface area (TPSA) is 83.6 Å². The summed E-state index contributed by atoms with van der Waals surface area (Å²) in [6, 6.07) is 2.48. The van der Waals surface area contributed by atoms with E-state index in [2.05, 4.69) is 15.6 Å². The van der Waals surface area contributed by atoms with E-state index in [0.29, 0.717) is 31.2 Å². The van der Waals surface area contributed by atoms with E-state index in [1.54, 1.807) is 19.1 Å². The summed E-state index contributed by atoms with van der Waals surface area (Å²) in [4.78, 5) is 31.1. The molecule has 2 N–H and O–H groups in total. The second-order valence-corrected chi connectivity index (χ2v) is 8.02. The molecule has 0 spiro atoms. The molecule has 1 aromatic rings. The molecule has 7 nitrogen and oxygen atoms in total. The normalized spacial score (nSPS) is 18.7. The molecular weight excluding hydrogens is 394 g/mol. The van der Waals surface area contributed by atoms with Crippen molar-refractivity contribution in [3.8, 4) is 5.88 Å².